The van der Waals surface area contributed by atoms with Gasteiger partial charge in [-0.3, -0.25) is 0 Å². The van der Waals surface area contributed by atoms with Crippen molar-refractivity contribution in [3.63, 3.8) is 0 Å². The second-order valence-corrected chi connectivity index (χ2v) is 12.1. The largest absolute Gasteiger partial charge is 0.449 e. The number of benzene rings is 5. The molecule has 0 fully saturated rings. The Balaban J connectivity index is 1.16. The van der Waals surface area contributed by atoms with E-state index < -0.39 is 0 Å². The summed E-state index contributed by atoms with van der Waals surface area (Å²) in [5.41, 5.74) is 16.9. The fraction of sp³-hybridized carbons (Fsp3) is 0.0732. The highest BCUT2D eigenvalue weighted by atomic mass is 16.6. The molecule has 0 saturated heterocycles. The highest BCUT2D eigenvalue weighted by Crippen LogP contribution is 2.58. The van der Waals surface area contributed by atoms with E-state index >= 15 is 0 Å². The molecule has 0 spiro atoms. The Kier molecular flexibility index (Phi) is 6.36. The second kappa shape index (κ2) is 10.6. The number of fused-ring (bicyclic) bond motifs is 6. The molecular weight excluding hydrogens is 566 g/mol. The molecule has 1 aromatic heterocycles. The molecule has 0 saturated carbocycles. The van der Waals surface area contributed by atoms with Crippen LogP contribution < -0.4 is 15.2 Å². The maximum atomic E-state index is 6.60. The summed E-state index contributed by atoms with van der Waals surface area (Å²) < 4.78 is 13.1. The summed E-state index contributed by atoms with van der Waals surface area (Å²) in [4.78, 5) is 9.69. The number of hydrogen-bond acceptors (Lipinski definition) is 5. The fourth-order valence-electron chi connectivity index (χ4n) is 6.53. The first kappa shape index (κ1) is 27.6. The average Bonchev–Trinajstić information content (AvgIpc) is 3.34. The number of hydrogen-bond donors (Lipinski definition) is 1. The van der Waals surface area contributed by atoms with Gasteiger partial charge < -0.3 is 15.2 Å². The molecule has 1 aliphatic heterocycles. The van der Waals surface area contributed by atoms with Crippen molar-refractivity contribution in [3.05, 3.63) is 151 Å². The van der Waals surface area contributed by atoms with E-state index in [4.69, 9.17) is 25.2 Å². The van der Waals surface area contributed by atoms with E-state index in [1.807, 2.05) is 66.7 Å². The molecule has 2 N–H and O–H groups in total. The van der Waals surface area contributed by atoms with Crippen molar-refractivity contribution in [2.24, 2.45) is 5.73 Å². The van der Waals surface area contributed by atoms with Crippen molar-refractivity contribution in [3.8, 4) is 67.9 Å². The third kappa shape index (κ3) is 4.48. The van der Waals surface area contributed by atoms with E-state index in [1.165, 1.54) is 16.7 Å². The van der Waals surface area contributed by atoms with Gasteiger partial charge in [-0.15, -0.1) is 0 Å². The van der Waals surface area contributed by atoms with Gasteiger partial charge in [0.15, 0.2) is 28.8 Å². The molecule has 1 aliphatic carbocycles. The van der Waals surface area contributed by atoms with Gasteiger partial charge in [-0.2, -0.15) is 0 Å². The van der Waals surface area contributed by atoms with Crippen molar-refractivity contribution in [2.75, 3.05) is 0 Å². The lowest BCUT2D eigenvalue weighted by Crippen LogP contribution is -2.15. The van der Waals surface area contributed by atoms with Crippen LogP contribution in [-0.2, 0) is 5.41 Å². The Morgan fingerprint density at radius 3 is 2.26 bits per heavy atom. The molecule has 0 unspecified atom stereocenters. The van der Waals surface area contributed by atoms with Crippen LogP contribution in [0.5, 0.6) is 23.0 Å². The van der Waals surface area contributed by atoms with E-state index in [1.54, 1.807) is 12.2 Å². The Hall–Kier alpha value is -5.94. The zero-order chi connectivity index (χ0) is 31.4. The molecule has 0 radical (unpaired) electrons. The predicted molar refractivity (Wildman–Crippen MR) is 185 cm³/mol. The number of rotatable bonds is 5. The van der Waals surface area contributed by atoms with E-state index in [-0.39, 0.29) is 5.41 Å². The van der Waals surface area contributed by atoms with E-state index in [2.05, 4.69) is 69.0 Å². The number of ether oxygens (including phenoxy) is 2. The molecule has 6 aromatic rings. The molecule has 0 atom stereocenters. The van der Waals surface area contributed by atoms with E-state index in [0.29, 0.717) is 28.7 Å². The normalized spacial score (nSPS) is 13.8. The van der Waals surface area contributed by atoms with Crippen LogP contribution in [0, 0.1) is 0 Å². The number of nitrogens with two attached hydrogens (primary N) is 1. The van der Waals surface area contributed by atoms with Crippen LogP contribution in [0.15, 0.2) is 134 Å². The van der Waals surface area contributed by atoms with Gasteiger partial charge in [0.1, 0.15) is 0 Å². The number of aromatic nitrogens is 2. The Bertz CT molecular complexity index is 2220. The van der Waals surface area contributed by atoms with Gasteiger partial charge >= 0.3 is 0 Å². The maximum Gasteiger partial charge on any atom is 0.178 e. The van der Waals surface area contributed by atoms with Crippen molar-refractivity contribution < 1.29 is 9.47 Å². The lowest BCUT2D eigenvalue weighted by atomic mass is 9.82. The maximum absolute atomic E-state index is 6.60. The smallest absolute Gasteiger partial charge is 0.178 e. The van der Waals surface area contributed by atoms with Crippen molar-refractivity contribution in [1.29, 1.82) is 0 Å². The Morgan fingerprint density at radius 2 is 1.41 bits per heavy atom. The van der Waals surface area contributed by atoms with Gasteiger partial charge in [0.25, 0.3) is 0 Å². The lowest BCUT2D eigenvalue weighted by Gasteiger charge is -2.25. The van der Waals surface area contributed by atoms with Crippen LogP contribution in [0.2, 0.25) is 0 Å². The average molecular weight is 598 g/mol. The number of allylic oxidation sites excluding steroid dienone is 2. The number of nitrogens with zero attached hydrogens (tertiary/aromatic N) is 2. The summed E-state index contributed by atoms with van der Waals surface area (Å²) in [6, 6.07) is 39.0. The van der Waals surface area contributed by atoms with E-state index in [0.717, 1.165) is 45.0 Å². The molecule has 0 bridgehead atoms. The van der Waals surface area contributed by atoms with Gasteiger partial charge in [-0.05, 0) is 64.2 Å². The zero-order valence-corrected chi connectivity index (χ0v) is 25.6. The van der Waals surface area contributed by atoms with Crippen LogP contribution in [0.25, 0.3) is 50.6 Å². The van der Waals surface area contributed by atoms with Gasteiger partial charge in [0.2, 0.25) is 0 Å². The van der Waals surface area contributed by atoms with Gasteiger partial charge in [-0.1, -0.05) is 111 Å². The topological polar surface area (TPSA) is 70.3 Å². The summed E-state index contributed by atoms with van der Waals surface area (Å²) >= 11 is 0. The summed E-state index contributed by atoms with van der Waals surface area (Å²) in [5.74, 6) is 3.47. The van der Waals surface area contributed by atoms with Crippen LogP contribution in [0.3, 0.4) is 0 Å². The van der Waals surface area contributed by atoms with Crippen LogP contribution in [0.4, 0.5) is 0 Å². The van der Waals surface area contributed by atoms with E-state index in [9.17, 15) is 0 Å². The predicted octanol–water partition coefficient (Wildman–Crippen LogP) is 10.2. The molecular formula is C41H31N3O2. The molecule has 8 rings (SSSR count). The van der Waals surface area contributed by atoms with Crippen molar-refractivity contribution in [2.45, 2.75) is 19.3 Å². The molecule has 5 aromatic carbocycles. The molecule has 222 valence electrons. The first-order valence-corrected chi connectivity index (χ1v) is 15.3. The minimum atomic E-state index is -0.112. The minimum absolute atomic E-state index is 0.112. The summed E-state index contributed by atoms with van der Waals surface area (Å²) in [7, 11) is 0. The molecule has 5 nitrogen and oxygen atoms in total. The summed E-state index contributed by atoms with van der Waals surface area (Å²) in [6.45, 7) is 8.31. The first-order chi connectivity index (χ1) is 22.4. The zero-order valence-electron chi connectivity index (χ0n) is 25.6. The lowest BCUT2D eigenvalue weighted by molar-refractivity contribution is 0.360. The first-order valence-electron chi connectivity index (χ1n) is 15.3. The van der Waals surface area contributed by atoms with Crippen molar-refractivity contribution in [1.82, 2.24) is 9.97 Å². The molecule has 2 aliphatic rings. The highest BCUT2D eigenvalue weighted by Gasteiger charge is 2.39. The van der Waals surface area contributed by atoms with Gasteiger partial charge in [0.05, 0.1) is 17.1 Å². The SMILES string of the molecule is C=C/C=C(\N)c1cc(-c2cccc(-c3ccc4c(c3)Oc3ccc5c(c3O4)-c3ccccc3C5(C)C)c2)nc(-c2ccccc2)n1. The summed E-state index contributed by atoms with van der Waals surface area (Å²) in [5, 5.41) is 0. The second-order valence-electron chi connectivity index (χ2n) is 12.1. The van der Waals surface area contributed by atoms with Crippen LogP contribution in [-0.4, -0.2) is 9.97 Å². The Morgan fingerprint density at radius 1 is 0.674 bits per heavy atom. The van der Waals surface area contributed by atoms with Crippen LogP contribution in [0.1, 0.15) is 30.7 Å². The molecule has 5 heteroatoms. The quantitative estimate of drug-likeness (QED) is 0.200. The van der Waals surface area contributed by atoms with Crippen LogP contribution >= 0.6 is 0 Å². The van der Waals surface area contributed by atoms with Gasteiger partial charge in [-0.25, -0.2) is 9.97 Å². The van der Waals surface area contributed by atoms with Crippen molar-refractivity contribution >= 4 is 5.70 Å². The molecule has 2 heterocycles. The standard InChI is InChI=1S/C41H31N3O2/c1-4-11-32(42)34-24-33(43-40(44-34)25-12-6-5-7-13-25)28-15-10-14-26(22-28)27-18-20-35-37(23-27)45-36-21-19-31-38(39(36)46-35)29-16-8-9-17-30(29)41(31,2)3/h4-24H,1,42H2,2-3H3/b32-11-. The summed E-state index contributed by atoms with van der Waals surface area (Å²) in [6.07, 6.45) is 3.41. The molecule has 46 heavy (non-hydrogen) atoms. The van der Waals surface area contributed by atoms with Gasteiger partial charge in [0, 0.05) is 22.1 Å². The molecule has 0 amide bonds. The highest BCUT2D eigenvalue weighted by molar-refractivity contribution is 5.88. The minimum Gasteiger partial charge on any atom is -0.449 e. The monoisotopic (exact) mass is 597 g/mol. The third-order valence-corrected chi connectivity index (χ3v) is 8.88. The fourth-order valence-corrected chi connectivity index (χ4v) is 6.53. The third-order valence-electron chi connectivity index (χ3n) is 8.88. The Labute approximate surface area is 268 Å².